The van der Waals surface area contributed by atoms with Crippen LogP contribution in [0.3, 0.4) is 0 Å². The minimum atomic E-state index is -1.57. The Morgan fingerprint density at radius 3 is 2.30 bits per heavy atom. The quantitative estimate of drug-likeness (QED) is 0.0852. The topological polar surface area (TPSA) is 330 Å². The summed E-state index contributed by atoms with van der Waals surface area (Å²) in [7, 11) is 0. The number of amides is 1. The number of hydrogen-bond acceptors (Lipinski definition) is 17. The van der Waals surface area contributed by atoms with Gasteiger partial charge in [-0.25, -0.2) is 0 Å². The summed E-state index contributed by atoms with van der Waals surface area (Å²) in [5.41, 5.74) is 29.8. The first kappa shape index (κ1) is 36.3. The number of ether oxygens (including phenoxy) is 4. The second-order valence-corrected chi connectivity index (χ2v) is 11.6. The van der Waals surface area contributed by atoms with Gasteiger partial charge < -0.3 is 88.9 Å². The fourth-order valence-electron chi connectivity index (χ4n) is 5.49. The maximum Gasteiger partial charge on any atom is 0.249 e. The van der Waals surface area contributed by atoms with Gasteiger partial charge in [0.1, 0.15) is 42.7 Å². The van der Waals surface area contributed by atoms with E-state index in [9.17, 15) is 30.3 Å². The first-order valence-electron chi connectivity index (χ1n) is 14.7. The highest BCUT2D eigenvalue weighted by atomic mass is 16.7. The number of hydrogen-bond donors (Lipinski definition) is 13. The zero-order chi connectivity index (χ0) is 31.8. The molecule has 3 rings (SSSR count). The molecule has 2 saturated heterocycles. The van der Waals surface area contributed by atoms with Crippen molar-refractivity contribution in [2.75, 3.05) is 32.8 Å². The molecule has 18 N–H and O–H groups in total. The van der Waals surface area contributed by atoms with Gasteiger partial charge in [0.25, 0.3) is 0 Å². The van der Waals surface area contributed by atoms with Gasteiger partial charge in [-0.15, -0.1) is 0 Å². The molecule has 43 heavy (non-hydrogen) atoms. The Kier molecular flexibility index (Phi) is 14.3. The van der Waals surface area contributed by atoms with Crippen molar-refractivity contribution in [3.05, 3.63) is 0 Å². The van der Waals surface area contributed by atoms with Crippen molar-refractivity contribution < 1.29 is 54.4 Å². The van der Waals surface area contributed by atoms with Crippen LogP contribution in [-0.2, 0) is 23.7 Å². The van der Waals surface area contributed by atoms with E-state index in [-0.39, 0.29) is 32.1 Å². The molecule has 1 saturated carbocycles. The van der Waals surface area contributed by atoms with E-state index in [4.69, 9.17) is 52.7 Å². The molecule has 18 nitrogen and oxygen atoms in total. The third-order valence-electron chi connectivity index (χ3n) is 8.12. The first-order chi connectivity index (χ1) is 20.4. The fraction of sp³-hybridized carbons (Fsp3) is 0.960. The molecule has 18 heteroatoms. The average molecular weight is 626 g/mol. The molecule has 0 bridgehead atoms. The van der Waals surface area contributed by atoms with Gasteiger partial charge in [-0.2, -0.15) is 0 Å². The van der Waals surface area contributed by atoms with Crippen molar-refractivity contribution in [2.24, 2.45) is 28.7 Å². The van der Waals surface area contributed by atoms with Crippen LogP contribution in [0.1, 0.15) is 25.7 Å². The predicted molar refractivity (Wildman–Crippen MR) is 149 cm³/mol. The highest BCUT2D eigenvalue weighted by molar-refractivity contribution is 5.80. The molecule has 1 aliphatic carbocycles. The van der Waals surface area contributed by atoms with Crippen LogP contribution in [0.5, 0.6) is 0 Å². The Morgan fingerprint density at radius 2 is 1.65 bits per heavy atom. The number of carbonyl (C=O) groups is 1. The van der Waals surface area contributed by atoms with Crippen LogP contribution in [0.4, 0.5) is 0 Å². The molecular weight excluding hydrogens is 574 g/mol. The van der Waals surface area contributed by atoms with Crippen LogP contribution in [0, 0.1) is 0 Å². The number of aliphatic hydroxyl groups is 6. The van der Waals surface area contributed by atoms with Crippen LogP contribution in [0.15, 0.2) is 0 Å². The second-order valence-electron chi connectivity index (χ2n) is 11.6. The lowest BCUT2D eigenvalue weighted by Crippen LogP contribution is -2.69. The van der Waals surface area contributed by atoms with Gasteiger partial charge in [0, 0.05) is 25.2 Å². The standard InChI is InChI=1S/C25H51N7O11/c26-4-3-15(35)23(39)32-14-5-13(29)21(42-24-12(28)2-1-11(40-24)7-31-6-10(27)8-33)20(38)22(14)43-25-19(37)17(30)18(36)16(9-34)41-25/h10-22,24-25,31,33-38H,1-9,26-30H2,(H,32,39). The minimum Gasteiger partial charge on any atom is -0.395 e. The van der Waals surface area contributed by atoms with Gasteiger partial charge in [-0.3, -0.25) is 4.79 Å². The van der Waals surface area contributed by atoms with Crippen molar-refractivity contribution >= 4 is 5.91 Å². The molecule has 0 aromatic carbocycles. The lowest BCUT2D eigenvalue weighted by molar-refractivity contribution is -0.314. The molecular formula is C25H51N7O11. The molecule has 0 radical (unpaired) electrons. The summed E-state index contributed by atoms with van der Waals surface area (Å²) in [4.78, 5) is 12.7. The maximum atomic E-state index is 12.7. The minimum absolute atomic E-state index is 0.000388. The zero-order valence-electron chi connectivity index (χ0n) is 24.1. The summed E-state index contributed by atoms with van der Waals surface area (Å²) < 4.78 is 23.7. The van der Waals surface area contributed by atoms with E-state index in [1.807, 2.05) is 0 Å². The van der Waals surface area contributed by atoms with Crippen molar-refractivity contribution in [2.45, 2.75) is 117 Å². The van der Waals surface area contributed by atoms with E-state index >= 15 is 0 Å². The number of aliphatic hydroxyl groups excluding tert-OH is 6. The zero-order valence-corrected chi connectivity index (χ0v) is 24.1. The summed E-state index contributed by atoms with van der Waals surface area (Å²) in [5.74, 6) is -0.776. The Labute approximate surface area is 250 Å². The Morgan fingerprint density at radius 1 is 0.953 bits per heavy atom. The third kappa shape index (κ3) is 9.42. The molecule has 2 aliphatic heterocycles. The van der Waals surface area contributed by atoms with Crippen molar-refractivity contribution in [3.8, 4) is 0 Å². The normalized spacial score (nSPS) is 41.9. The van der Waals surface area contributed by atoms with Crippen LogP contribution >= 0.6 is 0 Å². The van der Waals surface area contributed by atoms with Crippen molar-refractivity contribution in [3.63, 3.8) is 0 Å². The lowest BCUT2D eigenvalue weighted by atomic mass is 9.83. The molecule has 1 amide bonds. The number of nitrogens with two attached hydrogens (primary N) is 5. The molecule has 252 valence electrons. The van der Waals surface area contributed by atoms with Gasteiger partial charge in [0.15, 0.2) is 12.6 Å². The summed E-state index contributed by atoms with van der Waals surface area (Å²) in [6.45, 7) is 0.0438. The van der Waals surface area contributed by atoms with Crippen LogP contribution in [0.2, 0.25) is 0 Å². The summed E-state index contributed by atoms with van der Waals surface area (Å²) in [5, 5.41) is 67.0. The van der Waals surface area contributed by atoms with E-state index in [1.54, 1.807) is 0 Å². The Hall–Kier alpha value is -1.17. The van der Waals surface area contributed by atoms with Crippen LogP contribution in [-0.4, -0.2) is 161 Å². The van der Waals surface area contributed by atoms with Gasteiger partial charge in [-0.05, 0) is 32.2 Å². The van der Waals surface area contributed by atoms with Gasteiger partial charge in [0.05, 0.1) is 37.4 Å². The summed E-state index contributed by atoms with van der Waals surface area (Å²) >= 11 is 0. The molecule has 3 aliphatic rings. The van der Waals surface area contributed by atoms with E-state index in [0.29, 0.717) is 25.9 Å². The summed E-state index contributed by atoms with van der Waals surface area (Å²) in [6.07, 6.45) is -11.2. The lowest BCUT2D eigenvalue weighted by Gasteiger charge is -2.48. The third-order valence-corrected chi connectivity index (χ3v) is 8.12. The number of nitrogens with one attached hydrogen (secondary N) is 2. The second kappa shape index (κ2) is 16.9. The maximum absolute atomic E-state index is 12.7. The van der Waals surface area contributed by atoms with Crippen LogP contribution in [0.25, 0.3) is 0 Å². The van der Waals surface area contributed by atoms with Gasteiger partial charge >= 0.3 is 0 Å². The Bertz CT molecular complexity index is 851. The molecule has 3 fully saturated rings. The molecule has 0 spiro atoms. The molecule has 0 aromatic rings. The highest BCUT2D eigenvalue weighted by Crippen LogP contribution is 2.31. The first-order valence-corrected chi connectivity index (χ1v) is 14.7. The summed E-state index contributed by atoms with van der Waals surface area (Å²) in [6, 6.07) is -4.09. The fourth-order valence-corrected chi connectivity index (χ4v) is 5.49. The van der Waals surface area contributed by atoms with E-state index in [0.717, 1.165) is 0 Å². The largest absolute Gasteiger partial charge is 0.395 e. The number of carbonyl (C=O) groups excluding carboxylic acids is 1. The average Bonchev–Trinajstić information content (AvgIpc) is 2.98. The molecule has 15 atom stereocenters. The van der Waals surface area contributed by atoms with Crippen molar-refractivity contribution in [1.29, 1.82) is 0 Å². The SMILES string of the molecule is NCCC(O)C(=O)NC1CC(N)C(OC2OC(CNCC(N)CO)CCC2N)C(O)C1OC1OC(CO)C(O)C(N)C1O. The van der Waals surface area contributed by atoms with Crippen molar-refractivity contribution in [1.82, 2.24) is 10.6 Å². The monoisotopic (exact) mass is 625 g/mol. The molecule has 0 aromatic heterocycles. The van der Waals surface area contributed by atoms with Gasteiger partial charge in [0.2, 0.25) is 5.91 Å². The molecule has 15 unspecified atom stereocenters. The van der Waals surface area contributed by atoms with Gasteiger partial charge in [-0.1, -0.05) is 0 Å². The molecule has 2 heterocycles. The highest BCUT2D eigenvalue weighted by Gasteiger charge is 2.51. The smallest absolute Gasteiger partial charge is 0.249 e. The van der Waals surface area contributed by atoms with E-state index < -0.39 is 98.0 Å². The predicted octanol–water partition coefficient (Wildman–Crippen LogP) is -7.45. The van der Waals surface area contributed by atoms with E-state index in [1.165, 1.54) is 0 Å². The number of rotatable bonds is 14. The Balaban J connectivity index is 1.76. The van der Waals surface area contributed by atoms with Crippen LogP contribution < -0.4 is 39.3 Å². The van der Waals surface area contributed by atoms with E-state index in [2.05, 4.69) is 10.6 Å².